The molecule has 0 aromatic heterocycles. The van der Waals surface area contributed by atoms with Crippen molar-refractivity contribution in [3.63, 3.8) is 0 Å². The minimum atomic E-state index is -0.680. The topological polar surface area (TPSA) is 55.6 Å². The Balaban J connectivity index is 3.25. The first-order chi connectivity index (χ1) is 7.88. The largest absolute Gasteiger partial charge is 0.496 e. The molecule has 4 nitrogen and oxygen atoms in total. The number of nitrogens with two attached hydrogens (primary N) is 1. The zero-order valence-electron chi connectivity index (χ0n) is 11.1. The third-order valence-electron chi connectivity index (χ3n) is 2.73. The van der Waals surface area contributed by atoms with Crippen molar-refractivity contribution in [2.45, 2.75) is 19.9 Å². The lowest BCUT2D eigenvalue weighted by atomic mass is 9.97. The molecule has 2 N–H and O–H groups in total. The molecular formula is C13H20N2O2. The lowest BCUT2D eigenvalue weighted by Gasteiger charge is -2.21. The Labute approximate surface area is 102 Å². The molecule has 1 atom stereocenters. The number of carbonyl (C=O) groups is 1. The number of aryl methyl sites for hydroxylation is 2. The molecule has 17 heavy (non-hydrogen) atoms. The average molecular weight is 236 g/mol. The molecule has 0 spiro atoms. The van der Waals surface area contributed by atoms with Gasteiger partial charge in [-0.1, -0.05) is 6.07 Å². The van der Waals surface area contributed by atoms with Gasteiger partial charge in [0.2, 0.25) is 5.91 Å². The summed E-state index contributed by atoms with van der Waals surface area (Å²) in [5, 5.41) is 0. The molecule has 0 aliphatic carbocycles. The molecule has 1 unspecified atom stereocenters. The van der Waals surface area contributed by atoms with Gasteiger partial charge in [0, 0.05) is 19.7 Å². The number of hydrogen-bond acceptors (Lipinski definition) is 3. The van der Waals surface area contributed by atoms with E-state index in [1.54, 1.807) is 21.2 Å². The summed E-state index contributed by atoms with van der Waals surface area (Å²) in [6.07, 6.45) is 0. The molecule has 1 rings (SSSR count). The lowest BCUT2D eigenvalue weighted by Crippen LogP contribution is -2.33. The summed E-state index contributed by atoms with van der Waals surface area (Å²) in [5.74, 6) is 0.542. The van der Waals surface area contributed by atoms with Gasteiger partial charge in [0.1, 0.15) is 11.8 Å². The summed E-state index contributed by atoms with van der Waals surface area (Å²) in [5.41, 5.74) is 8.82. The van der Waals surface area contributed by atoms with Gasteiger partial charge in [-0.25, -0.2) is 0 Å². The summed E-state index contributed by atoms with van der Waals surface area (Å²) in [7, 11) is 4.97. The first-order valence-electron chi connectivity index (χ1n) is 5.50. The van der Waals surface area contributed by atoms with Crippen LogP contribution in [0.5, 0.6) is 5.75 Å². The standard InChI is InChI=1S/C13H20N2O2/c1-8-6-9(2)11(10(7-8)17-5)12(14)13(16)15(3)4/h6-7,12H,14H2,1-5H3. The fourth-order valence-corrected chi connectivity index (χ4v) is 1.91. The minimum Gasteiger partial charge on any atom is -0.496 e. The van der Waals surface area contributed by atoms with E-state index in [2.05, 4.69) is 0 Å². The molecule has 0 heterocycles. The molecule has 1 amide bonds. The molecule has 4 heteroatoms. The monoisotopic (exact) mass is 236 g/mol. The van der Waals surface area contributed by atoms with Crippen molar-refractivity contribution in [2.24, 2.45) is 5.73 Å². The van der Waals surface area contributed by atoms with Gasteiger partial charge in [0.15, 0.2) is 0 Å². The summed E-state index contributed by atoms with van der Waals surface area (Å²) in [4.78, 5) is 13.4. The van der Waals surface area contributed by atoms with E-state index >= 15 is 0 Å². The molecule has 0 bridgehead atoms. The van der Waals surface area contributed by atoms with Crippen molar-refractivity contribution in [1.29, 1.82) is 0 Å². The maximum Gasteiger partial charge on any atom is 0.243 e. The van der Waals surface area contributed by atoms with Gasteiger partial charge in [0.25, 0.3) is 0 Å². The Morgan fingerprint density at radius 1 is 1.35 bits per heavy atom. The highest BCUT2D eigenvalue weighted by Gasteiger charge is 2.23. The Morgan fingerprint density at radius 2 is 1.94 bits per heavy atom. The fraction of sp³-hybridized carbons (Fsp3) is 0.462. The third-order valence-corrected chi connectivity index (χ3v) is 2.73. The smallest absolute Gasteiger partial charge is 0.243 e. The van der Waals surface area contributed by atoms with Crippen molar-refractivity contribution in [2.75, 3.05) is 21.2 Å². The second-order valence-corrected chi connectivity index (χ2v) is 4.41. The number of rotatable bonds is 3. The van der Waals surface area contributed by atoms with Crippen LogP contribution in [-0.2, 0) is 4.79 Å². The average Bonchev–Trinajstić information content (AvgIpc) is 2.25. The molecule has 0 aliphatic rings. The van der Waals surface area contributed by atoms with E-state index in [4.69, 9.17) is 10.5 Å². The molecule has 0 aliphatic heterocycles. The first-order valence-corrected chi connectivity index (χ1v) is 5.50. The van der Waals surface area contributed by atoms with Crippen molar-refractivity contribution in [3.8, 4) is 5.75 Å². The van der Waals surface area contributed by atoms with Crippen LogP contribution in [0.4, 0.5) is 0 Å². The SMILES string of the molecule is COc1cc(C)cc(C)c1C(N)C(=O)N(C)C. The van der Waals surface area contributed by atoms with Crippen LogP contribution in [0.2, 0.25) is 0 Å². The van der Waals surface area contributed by atoms with Crippen LogP contribution < -0.4 is 10.5 Å². The maximum atomic E-state index is 11.9. The second-order valence-electron chi connectivity index (χ2n) is 4.41. The number of methoxy groups -OCH3 is 1. The van der Waals surface area contributed by atoms with E-state index in [-0.39, 0.29) is 5.91 Å². The highest BCUT2D eigenvalue weighted by atomic mass is 16.5. The minimum absolute atomic E-state index is 0.129. The molecule has 0 saturated heterocycles. The number of carbonyl (C=O) groups excluding carboxylic acids is 1. The van der Waals surface area contributed by atoms with Gasteiger partial charge < -0.3 is 15.4 Å². The number of nitrogens with zero attached hydrogens (tertiary/aromatic N) is 1. The van der Waals surface area contributed by atoms with E-state index in [9.17, 15) is 4.79 Å². The van der Waals surface area contributed by atoms with Crippen LogP contribution in [0.25, 0.3) is 0 Å². The third kappa shape index (κ3) is 2.77. The van der Waals surface area contributed by atoms with Crippen LogP contribution in [0.3, 0.4) is 0 Å². The van der Waals surface area contributed by atoms with Crippen LogP contribution >= 0.6 is 0 Å². The number of amides is 1. The fourth-order valence-electron chi connectivity index (χ4n) is 1.91. The van der Waals surface area contributed by atoms with Gasteiger partial charge in [0.05, 0.1) is 7.11 Å². The van der Waals surface area contributed by atoms with E-state index in [1.807, 2.05) is 26.0 Å². The van der Waals surface area contributed by atoms with Crippen molar-refractivity contribution >= 4 is 5.91 Å². The van der Waals surface area contributed by atoms with Gasteiger partial charge in [-0.2, -0.15) is 0 Å². The van der Waals surface area contributed by atoms with Gasteiger partial charge in [-0.05, 0) is 31.0 Å². The van der Waals surface area contributed by atoms with Gasteiger partial charge >= 0.3 is 0 Å². The predicted octanol–water partition coefficient (Wildman–Crippen LogP) is 1.40. The molecule has 1 aromatic rings. The molecule has 1 aromatic carbocycles. The lowest BCUT2D eigenvalue weighted by molar-refractivity contribution is -0.130. The molecule has 0 fully saturated rings. The Bertz CT molecular complexity index is 428. The van der Waals surface area contributed by atoms with Crippen LogP contribution in [0.1, 0.15) is 22.7 Å². The van der Waals surface area contributed by atoms with E-state index in [1.165, 1.54) is 4.90 Å². The Kier molecular flexibility index (Phi) is 4.12. The first kappa shape index (κ1) is 13.5. The zero-order chi connectivity index (χ0) is 13.2. The zero-order valence-corrected chi connectivity index (χ0v) is 11.1. The maximum absolute atomic E-state index is 11.9. The van der Waals surface area contributed by atoms with E-state index in [0.29, 0.717) is 5.75 Å². The Hall–Kier alpha value is -1.55. The number of ether oxygens (including phenoxy) is 1. The quantitative estimate of drug-likeness (QED) is 0.863. The van der Waals surface area contributed by atoms with Gasteiger partial charge in [-0.15, -0.1) is 0 Å². The van der Waals surface area contributed by atoms with Crippen molar-refractivity contribution < 1.29 is 9.53 Å². The molecule has 0 radical (unpaired) electrons. The summed E-state index contributed by atoms with van der Waals surface area (Å²) < 4.78 is 5.31. The number of benzene rings is 1. The molecule has 0 saturated carbocycles. The van der Waals surface area contributed by atoms with Crippen LogP contribution in [-0.4, -0.2) is 32.0 Å². The van der Waals surface area contributed by atoms with Crippen LogP contribution in [0.15, 0.2) is 12.1 Å². The van der Waals surface area contributed by atoms with Gasteiger partial charge in [-0.3, -0.25) is 4.79 Å². The van der Waals surface area contributed by atoms with E-state index in [0.717, 1.165) is 16.7 Å². The second kappa shape index (κ2) is 5.19. The highest BCUT2D eigenvalue weighted by molar-refractivity contribution is 5.84. The number of likely N-dealkylation sites (N-methyl/N-ethyl adjacent to an activating group) is 1. The summed E-state index contributed by atoms with van der Waals surface area (Å²) in [6, 6.07) is 3.21. The number of hydrogen-bond donors (Lipinski definition) is 1. The molecule has 94 valence electrons. The van der Waals surface area contributed by atoms with Crippen molar-refractivity contribution in [1.82, 2.24) is 4.90 Å². The predicted molar refractivity (Wildman–Crippen MR) is 68.1 cm³/mol. The van der Waals surface area contributed by atoms with Crippen LogP contribution in [0, 0.1) is 13.8 Å². The Morgan fingerprint density at radius 3 is 2.41 bits per heavy atom. The summed E-state index contributed by atoms with van der Waals surface area (Å²) >= 11 is 0. The summed E-state index contributed by atoms with van der Waals surface area (Å²) in [6.45, 7) is 3.92. The highest BCUT2D eigenvalue weighted by Crippen LogP contribution is 2.29. The van der Waals surface area contributed by atoms with E-state index < -0.39 is 6.04 Å². The van der Waals surface area contributed by atoms with Crippen molar-refractivity contribution in [3.05, 3.63) is 28.8 Å². The molecular weight excluding hydrogens is 216 g/mol. The normalized spacial score (nSPS) is 12.1.